The first-order chi connectivity index (χ1) is 14.2. The lowest BCUT2D eigenvalue weighted by molar-refractivity contribution is 0.0949. The zero-order valence-electron chi connectivity index (χ0n) is 16.2. The maximum Gasteiger partial charge on any atom is 0.253 e. The lowest BCUT2D eigenvalue weighted by atomic mass is 10.2. The highest BCUT2D eigenvalue weighted by Crippen LogP contribution is 2.18. The molecule has 2 heterocycles. The van der Waals surface area contributed by atoms with E-state index >= 15 is 0 Å². The zero-order valence-corrected chi connectivity index (χ0v) is 16.2. The SMILES string of the molecule is Cc1ccccc1OCCn1c(CNC(=O)c2cccnc2)nc2ccccc21. The van der Waals surface area contributed by atoms with Gasteiger partial charge in [-0.2, -0.15) is 0 Å². The van der Waals surface area contributed by atoms with E-state index in [1.54, 1.807) is 24.5 Å². The Balaban J connectivity index is 1.50. The van der Waals surface area contributed by atoms with Gasteiger partial charge in [-0.15, -0.1) is 0 Å². The van der Waals surface area contributed by atoms with Crippen LogP contribution >= 0.6 is 0 Å². The van der Waals surface area contributed by atoms with Gasteiger partial charge in [-0.25, -0.2) is 4.98 Å². The van der Waals surface area contributed by atoms with Gasteiger partial charge in [0, 0.05) is 12.4 Å². The second kappa shape index (κ2) is 8.56. The van der Waals surface area contributed by atoms with Crippen LogP contribution < -0.4 is 10.1 Å². The summed E-state index contributed by atoms with van der Waals surface area (Å²) in [6, 6.07) is 19.4. The molecule has 29 heavy (non-hydrogen) atoms. The van der Waals surface area contributed by atoms with Gasteiger partial charge in [0.15, 0.2) is 0 Å². The summed E-state index contributed by atoms with van der Waals surface area (Å²) in [6.45, 7) is 3.50. The number of amides is 1. The van der Waals surface area contributed by atoms with Crippen LogP contribution in [0.25, 0.3) is 11.0 Å². The Labute approximate surface area is 169 Å². The van der Waals surface area contributed by atoms with Crippen molar-refractivity contribution in [3.05, 3.63) is 90.0 Å². The number of fused-ring (bicyclic) bond motifs is 1. The number of imidazole rings is 1. The molecule has 0 bridgehead atoms. The predicted octanol–water partition coefficient (Wildman–Crippen LogP) is 3.75. The smallest absolute Gasteiger partial charge is 0.253 e. The van der Waals surface area contributed by atoms with E-state index in [-0.39, 0.29) is 5.91 Å². The molecule has 0 aliphatic heterocycles. The van der Waals surface area contributed by atoms with Gasteiger partial charge in [-0.05, 0) is 42.8 Å². The van der Waals surface area contributed by atoms with E-state index < -0.39 is 0 Å². The Morgan fingerprint density at radius 1 is 1.07 bits per heavy atom. The molecule has 0 fully saturated rings. The molecule has 1 N–H and O–H groups in total. The van der Waals surface area contributed by atoms with Crippen LogP contribution in [0.3, 0.4) is 0 Å². The third kappa shape index (κ3) is 4.27. The molecule has 0 radical (unpaired) electrons. The lowest BCUT2D eigenvalue weighted by Gasteiger charge is -2.12. The third-order valence-corrected chi connectivity index (χ3v) is 4.73. The van der Waals surface area contributed by atoms with Gasteiger partial charge < -0.3 is 14.6 Å². The van der Waals surface area contributed by atoms with Crippen molar-refractivity contribution in [2.24, 2.45) is 0 Å². The molecule has 0 saturated carbocycles. The first-order valence-corrected chi connectivity index (χ1v) is 9.53. The third-order valence-electron chi connectivity index (χ3n) is 4.73. The van der Waals surface area contributed by atoms with E-state index in [2.05, 4.69) is 14.9 Å². The van der Waals surface area contributed by atoms with E-state index in [1.807, 2.05) is 55.5 Å². The molecular formula is C23H22N4O2. The topological polar surface area (TPSA) is 69.0 Å². The van der Waals surface area contributed by atoms with E-state index in [4.69, 9.17) is 9.72 Å². The fourth-order valence-corrected chi connectivity index (χ4v) is 3.23. The summed E-state index contributed by atoms with van der Waals surface area (Å²) >= 11 is 0. The number of hydrogen-bond acceptors (Lipinski definition) is 4. The van der Waals surface area contributed by atoms with Crippen LogP contribution in [0, 0.1) is 6.92 Å². The molecule has 0 saturated heterocycles. The number of rotatable bonds is 7. The van der Waals surface area contributed by atoms with Crippen molar-refractivity contribution in [1.29, 1.82) is 0 Å². The molecule has 6 heteroatoms. The van der Waals surface area contributed by atoms with E-state index in [9.17, 15) is 4.79 Å². The fourth-order valence-electron chi connectivity index (χ4n) is 3.23. The standard InChI is InChI=1S/C23H22N4O2/c1-17-7-2-5-11-21(17)29-14-13-27-20-10-4-3-9-19(20)26-22(27)16-25-23(28)18-8-6-12-24-15-18/h2-12,15H,13-14,16H2,1H3,(H,25,28). The number of para-hydroxylation sites is 3. The molecule has 6 nitrogen and oxygen atoms in total. The van der Waals surface area contributed by atoms with Crippen molar-refractivity contribution in [3.8, 4) is 5.75 Å². The van der Waals surface area contributed by atoms with Gasteiger partial charge in [-0.3, -0.25) is 9.78 Å². The summed E-state index contributed by atoms with van der Waals surface area (Å²) in [7, 11) is 0. The molecule has 0 unspecified atom stereocenters. The highest BCUT2D eigenvalue weighted by atomic mass is 16.5. The normalized spacial score (nSPS) is 10.8. The molecule has 4 aromatic rings. The summed E-state index contributed by atoms with van der Waals surface area (Å²) in [6.07, 6.45) is 3.19. The highest BCUT2D eigenvalue weighted by molar-refractivity contribution is 5.93. The van der Waals surface area contributed by atoms with Crippen LogP contribution in [-0.4, -0.2) is 27.0 Å². The monoisotopic (exact) mass is 386 g/mol. The average Bonchev–Trinajstić information content (AvgIpc) is 3.11. The number of carbonyl (C=O) groups is 1. The Hall–Kier alpha value is -3.67. The number of pyridine rings is 1. The Bertz CT molecular complexity index is 1120. The first-order valence-electron chi connectivity index (χ1n) is 9.53. The van der Waals surface area contributed by atoms with Crippen LogP contribution in [0.4, 0.5) is 0 Å². The zero-order chi connectivity index (χ0) is 20.1. The summed E-state index contributed by atoms with van der Waals surface area (Å²) in [5, 5.41) is 2.93. The number of ether oxygens (including phenoxy) is 1. The maximum atomic E-state index is 12.4. The number of nitrogens with zero attached hydrogens (tertiary/aromatic N) is 3. The number of carbonyl (C=O) groups excluding carboxylic acids is 1. The van der Waals surface area contributed by atoms with E-state index in [0.717, 1.165) is 28.2 Å². The molecule has 2 aromatic heterocycles. The second-order valence-corrected chi connectivity index (χ2v) is 6.71. The minimum atomic E-state index is -0.173. The van der Waals surface area contributed by atoms with Crippen molar-refractivity contribution in [1.82, 2.24) is 19.9 Å². The molecule has 0 atom stereocenters. The van der Waals surface area contributed by atoms with Crippen LogP contribution in [0.15, 0.2) is 73.1 Å². The van der Waals surface area contributed by atoms with Gasteiger partial charge in [0.25, 0.3) is 5.91 Å². The number of benzene rings is 2. The van der Waals surface area contributed by atoms with Gasteiger partial charge >= 0.3 is 0 Å². The number of aromatic nitrogens is 3. The van der Waals surface area contributed by atoms with Gasteiger partial charge in [0.2, 0.25) is 0 Å². The molecule has 2 aromatic carbocycles. The number of nitrogens with one attached hydrogen (secondary N) is 1. The van der Waals surface area contributed by atoms with Crippen LogP contribution in [0.1, 0.15) is 21.7 Å². The molecule has 0 aliphatic carbocycles. The van der Waals surface area contributed by atoms with Gasteiger partial charge in [0.1, 0.15) is 18.2 Å². The van der Waals surface area contributed by atoms with E-state index in [1.165, 1.54) is 0 Å². The summed E-state index contributed by atoms with van der Waals surface area (Å²) < 4.78 is 8.06. The molecule has 4 rings (SSSR count). The van der Waals surface area contributed by atoms with Crippen molar-refractivity contribution < 1.29 is 9.53 Å². The lowest BCUT2D eigenvalue weighted by Crippen LogP contribution is -2.25. The fraction of sp³-hybridized carbons (Fsp3) is 0.174. The van der Waals surface area contributed by atoms with Crippen LogP contribution in [0.2, 0.25) is 0 Å². The molecule has 0 aliphatic rings. The summed E-state index contributed by atoms with van der Waals surface area (Å²) in [4.78, 5) is 21.1. The molecule has 1 amide bonds. The minimum absolute atomic E-state index is 0.173. The second-order valence-electron chi connectivity index (χ2n) is 6.71. The first kappa shape index (κ1) is 18.7. The van der Waals surface area contributed by atoms with Crippen molar-refractivity contribution in [2.75, 3.05) is 6.61 Å². The summed E-state index contributed by atoms with van der Waals surface area (Å²) in [5.41, 5.74) is 3.55. The summed E-state index contributed by atoms with van der Waals surface area (Å²) in [5.74, 6) is 1.49. The number of hydrogen-bond donors (Lipinski definition) is 1. The highest BCUT2D eigenvalue weighted by Gasteiger charge is 2.13. The van der Waals surface area contributed by atoms with Crippen molar-refractivity contribution in [2.45, 2.75) is 20.0 Å². The molecule has 0 spiro atoms. The van der Waals surface area contributed by atoms with Crippen molar-refractivity contribution >= 4 is 16.9 Å². The van der Waals surface area contributed by atoms with Crippen molar-refractivity contribution in [3.63, 3.8) is 0 Å². The predicted molar refractivity (Wildman–Crippen MR) is 112 cm³/mol. The Kier molecular flexibility index (Phi) is 5.52. The Morgan fingerprint density at radius 3 is 2.72 bits per heavy atom. The maximum absolute atomic E-state index is 12.4. The van der Waals surface area contributed by atoms with Gasteiger partial charge in [0.05, 0.1) is 29.7 Å². The average molecular weight is 386 g/mol. The number of aryl methyl sites for hydroxylation is 1. The van der Waals surface area contributed by atoms with E-state index in [0.29, 0.717) is 25.3 Å². The minimum Gasteiger partial charge on any atom is -0.491 e. The van der Waals surface area contributed by atoms with Crippen LogP contribution in [0.5, 0.6) is 5.75 Å². The molecular weight excluding hydrogens is 364 g/mol. The van der Waals surface area contributed by atoms with Crippen LogP contribution in [-0.2, 0) is 13.1 Å². The quantitative estimate of drug-likeness (QED) is 0.525. The van der Waals surface area contributed by atoms with Gasteiger partial charge in [-0.1, -0.05) is 30.3 Å². The molecule has 146 valence electrons. The Morgan fingerprint density at radius 2 is 1.90 bits per heavy atom. The largest absolute Gasteiger partial charge is 0.491 e.